The second-order valence-electron chi connectivity index (χ2n) is 27.1. The van der Waals surface area contributed by atoms with Crippen molar-refractivity contribution < 1.29 is 71.7 Å². The Bertz CT molecular complexity index is 3890. The molecule has 2 fully saturated rings. The summed E-state index contributed by atoms with van der Waals surface area (Å²) in [5, 5.41) is 34.0. The molecule has 540 valence electrons. The molecule has 6 aliphatic rings. The van der Waals surface area contributed by atoms with Crippen LogP contribution in [-0.4, -0.2) is 196 Å². The number of nitrogens with zero attached hydrogens (tertiary/aromatic N) is 4. The van der Waals surface area contributed by atoms with Gasteiger partial charge in [-0.1, -0.05) is 73.5 Å². The van der Waals surface area contributed by atoms with E-state index in [1.165, 1.54) is 38.0 Å². The predicted octanol–water partition coefficient (Wildman–Crippen LogP) is 1.14. The van der Waals surface area contributed by atoms with Gasteiger partial charge in [0.1, 0.15) is 66.0 Å². The lowest BCUT2D eigenvalue weighted by Gasteiger charge is -2.37. The van der Waals surface area contributed by atoms with E-state index in [1.54, 1.807) is 72.6 Å². The molecule has 0 spiro atoms. The largest absolute Gasteiger partial charge is 0.497 e. The zero-order valence-electron chi connectivity index (χ0n) is 57.5. The number of carbonyl (C=O) groups excluding carboxylic acids is 11. The molecule has 12 bridgehead atoms. The van der Waals surface area contributed by atoms with Crippen molar-refractivity contribution in [2.75, 3.05) is 46.4 Å². The molecule has 4 aromatic carbocycles. The fraction of sp³-hybridized carbons (Fsp3) is 0.493. The summed E-state index contributed by atoms with van der Waals surface area (Å²) in [5.41, 5.74) is 9.06. The molecule has 10 atom stereocenters. The summed E-state index contributed by atoms with van der Waals surface area (Å²) >= 11 is 0. The number of rotatable bonds is 5. The van der Waals surface area contributed by atoms with E-state index in [2.05, 4.69) is 42.5 Å². The number of methoxy groups -OCH3 is 1. The highest BCUT2D eigenvalue weighted by atomic mass is 19.1. The van der Waals surface area contributed by atoms with Gasteiger partial charge < -0.3 is 82.1 Å². The number of benzene rings is 4. The van der Waals surface area contributed by atoms with Crippen LogP contribution in [0.25, 0.3) is 10.9 Å². The van der Waals surface area contributed by atoms with Crippen molar-refractivity contribution >= 4 is 75.9 Å². The Labute approximate surface area is 585 Å². The van der Waals surface area contributed by atoms with Crippen molar-refractivity contribution in [3.8, 4) is 5.75 Å². The Hall–Kier alpha value is -9.80. The first-order chi connectivity index (χ1) is 48.5. The van der Waals surface area contributed by atoms with E-state index in [0.29, 0.717) is 90.5 Å². The van der Waals surface area contributed by atoms with Gasteiger partial charge in [0.25, 0.3) is 0 Å². The molecule has 2 saturated heterocycles. The number of fused-ring (bicyclic) bond motifs is 16. The molecule has 27 nitrogen and oxygen atoms in total. The van der Waals surface area contributed by atoms with Gasteiger partial charge in [0.2, 0.25) is 65.0 Å². The van der Waals surface area contributed by atoms with Crippen molar-refractivity contribution in [2.45, 2.75) is 184 Å². The maximum Gasteiger partial charge on any atom is 0.246 e. The van der Waals surface area contributed by atoms with Crippen LogP contribution < -0.4 is 53.0 Å². The molecule has 1 aromatic heterocycles. The van der Waals surface area contributed by atoms with Crippen LogP contribution in [-0.2, 0) is 103 Å². The van der Waals surface area contributed by atoms with E-state index in [1.807, 2.05) is 28.8 Å². The number of aliphatic hydroxyl groups is 1. The standard InChI is InChI=1S/C73H92FN13O14/c1-43-65(92)82-57(38-75)67(94)79-54-35-48-11-9-12-49(33-48)39-77-61(90)42-101-59-26-32-86-64(59)69(96)83-63(44(2)88)68(95)81-55(34-46-17-20-52(100-4)21-18-46)71(98)87-31-10-27-73(87,3)72(99)76-28-25-45-13-15-47(16-14-45)40-85(62(91)24-23-60(89)78-43)30-8-6-5-7-29-84-41-50(36-56(70(86)97)80-66(54)93)53-37-51(74)19-22-58(53)84/h9,11-22,33,37,41,43-44,54-57,59,63-64,88H,5-8,10,23-32,34-36,38-40,42,75H2,1-4H3,(H,76,99)(H,77,90)(H,78,89)(H,79,94)(H,80,93)(H,81,95)(H,82,92)(H,83,96)/t43-,44+,54-,55-,56-,57+,59-,63-,64-,73-/m0/s1. The third-order valence-corrected chi connectivity index (χ3v) is 19.7. The van der Waals surface area contributed by atoms with E-state index in [4.69, 9.17) is 15.2 Å². The van der Waals surface area contributed by atoms with Crippen molar-refractivity contribution in [1.29, 1.82) is 0 Å². The van der Waals surface area contributed by atoms with Crippen LogP contribution in [0, 0.1) is 5.82 Å². The molecule has 28 heteroatoms. The van der Waals surface area contributed by atoms with Crippen LogP contribution in [0.2, 0.25) is 0 Å². The number of nitrogens with one attached hydrogen (secondary N) is 8. The van der Waals surface area contributed by atoms with Gasteiger partial charge in [0.05, 0.1) is 19.3 Å². The number of halogens is 1. The predicted molar refractivity (Wildman–Crippen MR) is 368 cm³/mol. The second kappa shape index (κ2) is 33.6. The van der Waals surface area contributed by atoms with Crippen molar-refractivity contribution in [3.05, 3.63) is 136 Å². The smallest absolute Gasteiger partial charge is 0.246 e. The van der Waals surface area contributed by atoms with Gasteiger partial charge in [-0.2, -0.15) is 0 Å². The average molecular weight is 1390 g/mol. The normalized spacial score (nSPS) is 26.2. The molecule has 0 radical (unpaired) electrons. The average Bonchev–Trinajstić information content (AvgIpc) is 1.71. The molecule has 11 N–H and O–H groups in total. The third kappa shape index (κ3) is 18.4. The quantitative estimate of drug-likeness (QED) is 0.118. The van der Waals surface area contributed by atoms with E-state index in [0.717, 1.165) is 16.0 Å². The monoisotopic (exact) mass is 1390 g/mol. The van der Waals surface area contributed by atoms with Gasteiger partial charge in [-0.05, 0) is 123 Å². The molecule has 101 heavy (non-hydrogen) atoms. The van der Waals surface area contributed by atoms with E-state index < -0.39 is 138 Å². The van der Waals surface area contributed by atoms with Crippen molar-refractivity contribution in [1.82, 2.24) is 61.8 Å². The van der Waals surface area contributed by atoms with Gasteiger partial charge in [0.15, 0.2) is 0 Å². The number of aromatic nitrogens is 1. The third-order valence-electron chi connectivity index (χ3n) is 19.7. The number of carbonyl (C=O) groups is 11. The Morgan fingerprint density at radius 3 is 2.14 bits per heavy atom. The zero-order chi connectivity index (χ0) is 72.1. The lowest BCUT2D eigenvalue weighted by atomic mass is 9.95. The molecular formula is C73H92FN13O14. The molecule has 7 heterocycles. The summed E-state index contributed by atoms with van der Waals surface area (Å²) in [4.78, 5) is 166. The molecular weight excluding hydrogens is 1300 g/mol. The van der Waals surface area contributed by atoms with E-state index in [9.17, 15) is 33.9 Å². The molecule has 11 amide bonds. The van der Waals surface area contributed by atoms with Gasteiger partial charge in [-0.25, -0.2) is 4.39 Å². The van der Waals surface area contributed by atoms with Crippen LogP contribution >= 0.6 is 0 Å². The van der Waals surface area contributed by atoms with Crippen molar-refractivity contribution in [2.24, 2.45) is 5.73 Å². The van der Waals surface area contributed by atoms with Crippen LogP contribution in [0.4, 0.5) is 4.39 Å². The minimum absolute atomic E-state index is 0.0500. The molecule has 5 aromatic rings. The number of ether oxygens (including phenoxy) is 2. The Balaban J connectivity index is 1.08. The van der Waals surface area contributed by atoms with E-state index >= 15 is 28.4 Å². The Morgan fingerprint density at radius 1 is 0.673 bits per heavy atom. The summed E-state index contributed by atoms with van der Waals surface area (Å²) in [7, 11) is 1.49. The van der Waals surface area contributed by atoms with Crippen LogP contribution in [0.1, 0.15) is 112 Å². The first-order valence-corrected chi connectivity index (χ1v) is 34.8. The number of aliphatic hydroxyl groups excluding tert-OH is 1. The molecule has 0 aliphatic carbocycles. The number of aryl methyl sites for hydroxylation is 1. The number of hydrogen-bond acceptors (Lipinski definition) is 15. The second-order valence-corrected chi connectivity index (χ2v) is 27.1. The SMILES string of the molecule is COc1ccc(C[C@@H]2NC(=O)[C@H]([C@@H](C)O)NC(=O)[C@@H]3[C@@H]4CCN3C(=O)[C@@H]3Cc5cn(c6ccc(F)cc56)CCCCCCN(Cc5ccc(cc5)CCNC(=O)[C@]5(C)CCCN5C2=O)C(=O)CCC(=O)N[C@@H](C)C(=O)N[C@H](CN)C(=O)N[C@@H](Cc2cccc(c2)CNC(=O)CO4)C(=O)N3)cc1. The fourth-order valence-electron chi connectivity index (χ4n) is 14.0. The maximum absolute atomic E-state index is 16.0. The summed E-state index contributed by atoms with van der Waals surface area (Å²) in [6.07, 6.45) is 1.20. The van der Waals surface area contributed by atoms with Crippen LogP contribution in [0.3, 0.4) is 0 Å². The highest BCUT2D eigenvalue weighted by Crippen LogP contribution is 2.32. The molecule has 0 unspecified atom stereocenters. The first-order valence-electron chi connectivity index (χ1n) is 34.8. The summed E-state index contributed by atoms with van der Waals surface area (Å²) in [6.45, 7) is 4.17. The van der Waals surface area contributed by atoms with Gasteiger partial charge in [-0.15, -0.1) is 0 Å². The van der Waals surface area contributed by atoms with Crippen LogP contribution in [0.15, 0.2) is 97.2 Å². The summed E-state index contributed by atoms with van der Waals surface area (Å²) in [6, 6.07) is 14.5. The van der Waals surface area contributed by atoms with Gasteiger partial charge >= 0.3 is 0 Å². The zero-order valence-corrected chi connectivity index (χ0v) is 57.5. The maximum atomic E-state index is 16.0. The topological polar surface area (TPSA) is 363 Å². The minimum Gasteiger partial charge on any atom is -0.497 e. The highest BCUT2D eigenvalue weighted by molar-refractivity contribution is 6.00. The Kier molecular flexibility index (Phi) is 24.6. The summed E-state index contributed by atoms with van der Waals surface area (Å²) < 4.78 is 29.2. The lowest BCUT2D eigenvalue weighted by molar-refractivity contribution is -0.148. The van der Waals surface area contributed by atoms with Gasteiger partial charge in [-0.3, -0.25) is 52.7 Å². The molecule has 0 saturated carbocycles. The van der Waals surface area contributed by atoms with Crippen LogP contribution in [0.5, 0.6) is 5.75 Å². The van der Waals surface area contributed by atoms with E-state index in [-0.39, 0.29) is 83.6 Å². The number of hydrogen-bond donors (Lipinski definition) is 10. The molecule has 11 rings (SSSR count). The van der Waals surface area contributed by atoms with Crippen molar-refractivity contribution in [3.63, 3.8) is 0 Å². The number of amides is 11. The summed E-state index contributed by atoms with van der Waals surface area (Å²) in [5.74, 6) is -8.30. The van der Waals surface area contributed by atoms with Gasteiger partial charge in [0, 0.05) is 102 Å². The highest BCUT2D eigenvalue weighted by Gasteiger charge is 2.50. The molecule has 6 aliphatic heterocycles. The number of nitrogens with two attached hydrogens (primary N) is 1. The minimum atomic E-state index is -1.83. The Morgan fingerprint density at radius 2 is 1.40 bits per heavy atom. The fourth-order valence-corrected chi connectivity index (χ4v) is 14.0. The first kappa shape index (κ1) is 73.9. The lowest BCUT2D eigenvalue weighted by Crippen LogP contribution is -2.64.